The van der Waals surface area contributed by atoms with Gasteiger partial charge in [-0.3, -0.25) is 4.55 Å². The number of hydrogen-bond donors (Lipinski definition) is 1. The molecule has 0 saturated carbocycles. The summed E-state index contributed by atoms with van der Waals surface area (Å²) in [5.74, 6) is 0. The molecule has 0 atom stereocenters. The summed E-state index contributed by atoms with van der Waals surface area (Å²) >= 11 is 0. The molecule has 0 fully saturated rings. The molecule has 1 aromatic rings. The van der Waals surface area contributed by atoms with E-state index in [1.54, 1.807) is 6.92 Å². The van der Waals surface area contributed by atoms with Crippen LogP contribution in [0.3, 0.4) is 0 Å². The minimum absolute atomic E-state index is 0. The zero-order valence-corrected chi connectivity index (χ0v) is 17.4. The van der Waals surface area contributed by atoms with Crippen LogP contribution in [0.25, 0.3) is 5.57 Å². The van der Waals surface area contributed by atoms with Crippen molar-refractivity contribution in [3.05, 3.63) is 75.2 Å². The van der Waals surface area contributed by atoms with E-state index < -0.39 is 10.1 Å². The van der Waals surface area contributed by atoms with Crippen molar-refractivity contribution in [2.75, 3.05) is 0 Å². The first-order chi connectivity index (χ1) is 9.39. The summed E-state index contributed by atoms with van der Waals surface area (Å²) in [5.41, 5.74) is 4.56. The van der Waals surface area contributed by atoms with Crippen molar-refractivity contribution in [3.8, 4) is 0 Å². The van der Waals surface area contributed by atoms with E-state index in [-0.39, 0.29) is 55.9 Å². The maximum atomic E-state index is 11.6. The predicted octanol–water partition coefficient (Wildman–Crippen LogP) is 4.15. The van der Waals surface area contributed by atoms with Gasteiger partial charge in [0.1, 0.15) is 0 Å². The van der Waals surface area contributed by atoms with Gasteiger partial charge in [-0.15, -0.1) is 59.3 Å². The Bertz CT molecular complexity index is 835. The van der Waals surface area contributed by atoms with Gasteiger partial charge in [-0.2, -0.15) is 0 Å². The molecule has 0 heterocycles. The minimum atomic E-state index is -4.24. The molecule has 122 valence electrons. The molecule has 1 aromatic carbocycles. The smallest absolute Gasteiger partial charge is 0.251 e. The van der Waals surface area contributed by atoms with Crippen molar-refractivity contribution < 1.29 is 39.2 Å². The van der Waals surface area contributed by atoms with Crippen molar-refractivity contribution in [2.24, 2.45) is 0 Å². The number of fused-ring (bicyclic) bond motifs is 1. The Morgan fingerprint density at radius 1 is 1.04 bits per heavy atom. The second-order valence-electron chi connectivity index (χ2n) is 4.91. The van der Waals surface area contributed by atoms with Crippen molar-refractivity contribution in [1.82, 2.24) is 0 Å². The van der Waals surface area contributed by atoms with Gasteiger partial charge in [-0.1, -0.05) is 48.4 Å². The fourth-order valence-electron chi connectivity index (χ4n) is 2.71. The van der Waals surface area contributed by atoms with Gasteiger partial charge in [0.15, 0.2) is 0 Å². The van der Waals surface area contributed by atoms with Gasteiger partial charge in [0.25, 0.3) is 10.1 Å². The fourth-order valence-corrected chi connectivity index (χ4v) is 3.67. The third-order valence-electron chi connectivity index (χ3n) is 3.50. The summed E-state index contributed by atoms with van der Waals surface area (Å²) < 4.78 is 32.5. The molecule has 0 aliphatic heterocycles. The van der Waals surface area contributed by atoms with Crippen molar-refractivity contribution in [3.63, 3.8) is 0 Å². The van der Waals surface area contributed by atoms with Crippen LogP contribution in [-0.4, -0.2) is 13.0 Å². The molecule has 2 aliphatic rings. The van der Waals surface area contributed by atoms with Crippen LogP contribution in [0.15, 0.2) is 63.6 Å². The van der Waals surface area contributed by atoms with E-state index in [2.05, 4.69) is 6.08 Å². The summed E-state index contributed by atoms with van der Waals surface area (Å²) in [6.07, 6.45) is 5.02. The van der Waals surface area contributed by atoms with E-state index in [0.717, 1.165) is 22.3 Å². The SMILES string of the molecule is CC1=C(S(=O)(=O)O)C2=C(C)C=C(c3ccccc3)C2=[C-]1.Cl.Cl.[Zr]. The van der Waals surface area contributed by atoms with E-state index in [0.29, 0.717) is 11.1 Å². The zero-order chi connectivity index (χ0) is 14.5. The number of rotatable bonds is 2. The van der Waals surface area contributed by atoms with Crippen LogP contribution in [-0.2, 0) is 36.3 Å². The Balaban J connectivity index is 0.00000161. The van der Waals surface area contributed by atoms with Crippen molar-refractivity contribution >= 4 is 40.5 Å². The minimum Gasteiger partial charge on any atom is -0.289 e. The average Bonchev–Trinajstić information content (AvgIpc) is 2.87. The molecular formula is C16H15Cl2O3SZr-. The van der Waals surface area contributed by atoms with E-state index in [9.17, 15) is 13.0 Å². The third kappa shape index (κ3) is 3.97. The van der Waals surface area contributed by atoms with Crippen LogP contribution < -0.4 is 0 Å². The summed E-state index contributed by atoms with van der Waals surface area (Å²) in [5, 5.41) is 0. The molecule has 0 spiro atoms. The number of allylic oxidation sites excluding steroid dienone is 7. The molecule has 3 nitrogen and oxygen atoms in total. The fraction of sp³-hybridized carbons (Fsp3) is 0.125. The molecule has 23 heavy (non-hydrogen) atoms. The molecule has 0 bridgehead atoms. The second-order valence-corrected chi connectivity index (χ2v) is 6.27. The predicted molar refractivity (Wildman–Crippen MR) is 92.6 cm³/mol. The molecule has 0 unspecified atom stereocenters. The number of halogens is 2. The van der Waals surface area contributed by atoms with Crippen molar-refractivity contribution in [1.29, 1.82) is 0 Å². The van der Waals surface area contributed by atoms with Crippen molar-refractivity contribution in [2.45, 2.75) is 13.8 Å². The second kappa shape index (κ2) is 8.09. The molecular weight excluding hydrogens is 434 g/mol. The number of hydrogen-bond acceptors (Lipinski definition) is 2. The van der Waals surface area contributed by atoms with Crippen LogP contribution in [0.4, 0.5) is 0 Å². The van der Waals surface area contributed by atoms with Crippen LogP contribution in [0.2, 0.25) is 0 Å². The Kier molecular flexibility index (Phi) is 7.93. The Labute approximate surface area is 167 Å². The Morgan fingerprint density at radius 2 is 1.61 bits per heavy atom. The molecule has 0 radical (unpaired) electrons. The van der Waals surface area contributed by atoms with Gasteiger partial charge in [-0.25, -0.2) is 8.42 Å². The molecule has 7 heteroatoms. The molecule has 1 N–H and O–H groups in total. The first-order valence-corrected chi connectivity index (χ1v) is 7.65. The van der Waals surface area contributed by atoms with Gasteiger partial charge >= 0.3 is 0 Å². The van der Waals surface area contributed by atoms with Gasteiger partial charge in [0.05, 0.1) is 0 Å². The van der Waals surface area contributed by atoms with Crippen LogP contribution in [0, 0.1) is 6.08 Å². The monoisotopic (exact) mass is 447 g/mol. The van der Waals surface area contributed by atoms with Crippen LogP contribution in [0.1, 0.15) is 19.4 Å². The Hall–Kier alpha value is -0.447. The summed E-state index contributed by atoms with van der Waals surface area (Å²) in [4.78, 5) is -0.0211. The normalized spacial score (nSPS) is 16.0. The molecule has 3 rings (SSSR count). The van der Waals surface area contributed by atoms with Gasteiger partial charge in [0, 0.05) is 26.2 Å². The average molecular weight is 449 g/mol. The topological polar surface area (TPSA) is 54.4 Å². The number of benzene rings is 1. The maximum absolute atomic E-state index is 11.6. The molecule has 0 amide bonds. The van der Waals surface area contributed by atoms with E-state index in [4.69, 9.17) is 0 Å². The third-order valence-corrected chi connectivity index (χ3v) is 4.52. The summed E-state index contributed by atoms with van der Waals surface area (Å²) in [7, 11) is -4.24. The van der Waals surface area contributed by atoms with Gasteiger partial charge in [-0.05, 0) is 11.8 Å². The van der Waals surface area contributed by atoms with Gasteiger partial charge in [0.2, 0.25) is 0 Å². The summed E-state index contributed by atoms with van der Waals surface area (Å²) in [6.45, 7) is 3.49. The molecule has 2 aliphatic carbocycles. The van der Waals surface area contributed by atoms with E-state index in [1.165, 1.54) is 0 Å². The van der Waals surface area contributed by atoms with E-state index in [1.807, 2.05) is 43.3 Å². The molecule has 0 saturated heterocycles. The largest absolute Gasteiger partial charge is 0.289 e. The summed E-state index contributed by atoms with van der Waals surface area (Å²) in [6, 6.07) is 9.74. The standard InChI is InChI=1S/C16H13O3S.2ClH.Zr/c1-10-8-13(12-6-4-3-5-7-12)14-9-11(2)16(15(10)14)20(17,18)19;;;/h3-8H,1-2H3,(H,17,18,19);2*1H;/q-1;;;. The van der Waals surface area contributed by atoms with Crippen LogP contribution >= 0.6 is 24.8 Å². The molecule has 0 aromatic heterocycles. The quantitative estimate of drug-likeness (QED) is 0.545. The van der Waals surface area contributed by atoms with E-state index >= 15 is 0 Å². The Morgan fingerprint density at radius 3 is 2.13 bits per heavy atom. The van der Waals surface area contributed by atoms with Crippen LogP contribution in [0.5, 0.6) is 0 Å². The maximum Gasteiger partial charge on any atom is 0.251 e. The van der Waals surface area contributed by atoms with Gasteiger partial charge < -0.3 is 0 Å². The first kappa shape index (κ1) is 22.6. The first-order valence-electron chi connectivity index (χ1n) is 6.21. The zero-order valence-electron chi connectivity index (χ0n) is 12.5.